The van der Waals surface area contributed by atoms with Crippen molar-refractivity contribution >= 4 is 17.6 Å². The first-order chi connectivity index (χ1) is 6.70. The minimum atomic E-state index is -0.567. The topological polar surface area (TPSA) is 46.5 Å². The Hall–Kier alpha value is -1.06. The van der Waals surface area contributed by atoms with Gasteiger partial charge in [-0.25, -0.2) is 4.79 Å². The van der Waals surface area contributed by atoms with Crippen LogP contribution in [0.2, 0.25) is 5.02 Å². The summed E-state index contributed by atoms with van der Waals surface area (Å²) in [4.78, 5) is 9.94. The van der Waals surface area contributed by atoms with Crippen LogP contribution in [0.1, 0.15) is 6.92 Å². The van der Waals surface area contributed by atoms with E-state index in [1.165, 1.54) is 0 Å². The molecule has 0 aromatic heterocycles. The number of ether oxygens (including phenoxy) is 1. The zero-order valence-corrected chi connectivity index (χ0v) is 8.70. The van der Waals surface area contributed by atoms with Crippen molar-refractivity contribution in [2.45, 2.75) is 6.92 Å². The van der Waals surface area contributed by atoms with Crippen molar-refractivity contribution < 1.29 is 14.6 Å². The first-order valence-electron chi connectivity index (χ1n) is 4.17. The molecule has 0 saturated carbocycles. The highest BCUT2D eigenvalue weighted by Crippen LogP contribution is 2.03. The van der Waals surface area contributed by atoms with Gasteiger partial charge < -0.3 is 9.84 Å². The van der Waals surface area contributed by atoms with Crippen LogP contribution in [-0.4, -0.2) is 24.3 Å². The Bertz CT molecular complexity index is 249. The lowest BCUT2D eigenvalue weighted by Gasteiger charge is -1.93. The van der Waals surface area contributed by atoms with Crippen molar-refractivity contribution in [2.75, 3.05) is 13.2 Å². The second kappa shape index (κ2) is 8.53. The molecule has 1 N–H and O–H groups in total. The maximum atomic E-state index is 9.94. The number of halogens is 1. The van der Waals surface area contributed by atoms with E-state index in [-0.39, 0.29) is 0 Å². The van der Waals surface area contributed by atoms with Gasteiger partial charge in [-0.3, -0.25) is 0 Å². The van der Waals surface area contributed by atoms with Gasteiger partial charge in [-0.1, -0.05) is 29.8 Å². The van der Waals surface area contributed by atoms with Gasteiger partial charge in [0.1, 0.15) is 6.61 Å². The van der Waals surface area contributed by atoms with Gasteiger partial charge in [0.25, 0.3) is 0 Å². The fraction of sp³-hybridized carbons (Fsp3) is 0.300. The molecule has 0 atom stereocenters. The van der Waals surface area contributed by atoms with Crippen molar-refractivity contribution in [1.82, 2.24) is 0 Å². The summed E-state index contributed by atoms with van der Waals surface area (Å²) in [5, 5.41) is 8.79. The van der Waals surface area contributed by atoms with E-state index < -0.39 is 12.6 Å². The van der Waals surface area contributed by atoms with Crippen molar-refractivity contribution in [3.8, 4) is 0 Å². The van der Waals surface area contributed by atoms with Gasteiger partial charge in [0.2, 0.25) is 0 Å². The average Bonchev–Trinajstić information content (AvgIpc) is 2.20. The van der Waals surface area contributed by atoms with Crippen LogP contribution in [-0.2, 0) is 9.53 Å². The van der Waals surface area contributed by atoms with E-state index in [0.717, 1.165) is 5.02 Å². The molecule has 1 rings (SSSR count). The fourth-order valence-corrected chi connectivity index (χ4v) is 0.767. The van der Waals surface area contributed by atoms with Crippen LogP contribution in [0.4, 0.5) is 0 Å². The molecule has 0 aliphatic rings. The highest BCUT2D eigenvalue weighted by atomic mass is 35.5. The van der Waals surface area contributed by atoms with Gasteiger partial charge in [-0.05, 0) is 19.1 Å². The highest BCUT2D eigenvalue weighted by Gasteiger charge is 1.92. The van der Waals surface area contributed by atoms with Crippen LogP contribution in [0.5, 0.6) is 0 Å². The Balaban J connectivity index is 0.000000241. The van der Waals surface area contributed by atoms with Crippen LogP contribution in [0, 0.1) is 0 Å². The lowest BCUT2D eigenvalue weighted by Crippen LogP contribution is -2.07. The third-order valence-corrected chi connectivity index (χ3v) is 1.42. The number of carbonyl (C=O) groups excluding carboxylic acids is 1. The van der Waals surface area contributed by atoms with Gasteiger partial charge in [-0.2, -0.15) is 0 Å². The van der Waals surface area contributed by atoms with E-state index in [4.69, 9.17) is 16.7 Å². The second-order valence-corrected chi connectivity index (χ2v) is 2.70. The Labute approximate surface area is 88.3 Å². The molecule has 4 heteroatoms. The average molecular weight is 217 g/mol. The molecule has 78 valence electrons. The molecule has 0 aliphatic carbocycles. The lowest BCUT2D eigenvalue weighted by atomic mass is 10.4. The lowest BCUT2D eigenvalue weighted by molar-refractivity contribution is -0.146. The molecule has 0 unspecified atom stereocenters. The summed E-state index contributed by atoms with van der Waals surface area (Å²) in [6.07, 6.45) is 0. The number of aliphatic hydroxyl groups excluding tert-OH is 1. The molecule has 0 amide bonds. The van der Waals surface area contributed by atoms with E-state index in [2.05, 4.69) is 4.74 Å². The Kier molecular flexibility index (Phi) is 7.89. The van der Waals surface area contributed by atoms with Gasteiger partial charge >= 0.3 is 5.97 Å². The van der Waals surface area contributed by atoms with Gasteiger partial charge in [0.15, 0.2) is 0 Å². The number of esters is 1. The summed E-state index contributed by atoms with van der Waals surface area (Å²) in [6.45, 7) is 1.50. The molecular weight excluding hydrogens is 204 g/mol. The number of benzene rings is 1. The molecule has 0 aliphatic heterocycles. The zero-order valence-electron chi connectivity index (χ0n) is 7.94. The molecule has 0 heterocycles. The number of carbonyl (C=O) groups is 1. The SMILES string of the molecule is CCOC(=O)CO.Clc1ccccc1. The summed E-state index contributed by atoms with van der Waals surface area (Å²) in [5.41, 5.74) is 0. The fourth-order valence-electron chi connectivity index (χ4n) is 0.621. The summed E-state index contributed by atoms with van der Waals surface area (Å²) in [6, 6.07) is 9.44. The van der Waals surface area contributed by atoms with Crippen LogP contribution in [0.25, 0.3) is 0 Å². The molecule has 0 spiro atoms. The molecular formula is C10H13ClO3. The molecule has 14 heavy (non-hydrogen) atoms. The summed E-state index contributed by atoms with van der Waals surface area (Å²) >= 11 is 5.54. The maximum absolute atomic E-state index is 9.94. The summed E-state index contributed by atoms with van der Waals surface area (Å²) in [7, 11) is 0. The molecule has 3 nitrogen and oxygen atoms in total. The Morgan fingerprint density at radius 1 is 1.43 bits per heavy atom. The van der Waals surface area contributed by atoms with Crippen LogP contribution in [0.3, 0.4) is 0 Å². The summed E-state index contributed by atoms with van der Waals surface area (Å²) in [5.74, 6) is -0.567. The van der Waals surface area contributed by atoms with E-state index in [9.17, 15) is 4.79 Å². The first-order valence-corrected chi connectivity index (χ1v) is 4.55. The van der Waals surface area contributed by atoms with Crippen molar-refractivity contribution in [3.05, 3.63) is 35.4 Å². The second-order valence-electron chi connectivity index (χ2n) is 2.26. The van der Waals surface area contributed by atoms with Crippen molar-refractivity contribution in [3.63, 3.8) is 0 Å². The van der Waals surface area contributed by atoms with Crippen LogP contribution >= 0.6 is 11.6 Å². The van der Waals surface area contributed by atoms with Gasteiger partial charge in [0.05, 0.1) is 6.61 Å². The molecule has 0 saturated heterocycles. The number of hydrogen-bond donors (Lipinski definition) is 1. The number of rotatable bonds is 2. The standard InChI is InChI=1S/C6H5Cl.C4H8O3/c7-6-4-2-1-3-5-6;1-2-7-4(6)3-5/h1-5H;5H,2-3H2,1H3. The predicted octanol–water partition coefficient (Wildman–Crippen LogP) is 1.88. The molecule has 0 bridgehead atoms. The third kappa shape index (κ3) is 7.58. The van der Waals surface area contributed by atoms with E-state index in [1.807, 2.05) is 30.3 Å². The molecule has 1 aromatic rings. The van der Waals surface area contributed by atoms with Crippen LogP contribution in [0.15, 0.2) is 30.3 Å². The third-order valence-electron chi connectivity index (χ3n) is 1.17. The highest BCUT2D eigenvalue weighted by molar-refractivity contribution is 6.30. The van der Waals surface area contributed by atoms with Gasteiger partial charge in [-0.15, -0.1) is 0 Å². The van der Waals surface area contributed by atoms with E-state index in [0.29, 0.717) is 6.61 Å². The normalized spacial score (nSPS) is 8.50. The van der Waals surface area contributed by atoms with Crippen LogP contribution < -0.4 is 0 Å². The minimum Gasteiger partial charge on any atom is -0.464 e. The smallest absolute Gasteiger partial charge is 0.331 e. The van der Waals surface area contributed by atoms with E-state index >= 15 is 0 Å². The predicted molar refractivity (Wildman–Crippen MR) is 55.2 cm³/mol. The largest absolute Gasteiger partial charge is 0.464 e. The molecule has 0 radical (unpaired) electrons. The van der Waals surface area contributed by atoms with Crippen molar-refractivity contribution in [2.24, 2.45) is 0 Å². The Morgan fingerprint density at radius 2 is 2.00 bits per heavy atom. The van der Waals surface area contributed by atoms with Gasteiger partial charge in [0, 0.05) is 5.02 Å². The maximum Gasteiger partial charge on any atom is 0.331 e. The zero-order chi connectivity index (χ0) is 10.8. The molecule has 1 aromatic carbocycles. The quantitative estimate of drug-likeness (QED) is 0.768. The number of hydrogen-bond acceptors (Lipinski definition) is 3. The Morgan fingerprint density at radius 3 is 2.21 bits per heavy atom. The van der Waals surface area contributed by atoms with Crippen molar-refractivity contribution in [1.29, 1.82) is 0 Å². The summed E-state index contributed by atoms with van der Waals surface area (Å²) < 4.78 is 4.30. The minimum absolute atomic E-state index is 0.333. The first kappa shape index (κ1) is 12.9. The number of aliphatic hydroxyl groups is 1. The monoisotopic (exact) mass is 216 g/mol. The van der Waals surface area contributed by atoms with E-state index in [1.54, 1.807) is 6.92 Å². The molecule has 0 fully saturated rings.